The van der Waals surface area contributed by atoms with E-state index in [-0.39, 0.29) is 12.3 Å². The summed E-state index contributed by atoms with van der Waals surface area (Å²) in [6.45, 7) is 0.0999. The first-order valence-corrected chi connectivity index (χ1v) is 3.80. The number of nitro groups is 1. The second-order valence-corrected chi connectivity index (χ2v) is 2.40. The van der Waals surface area contributed by atoms with E-state index in [0.717, 1.165) is 0 Å². The molecule has 0 bridgehead atoms. The second kappa shape index (κ2) is 4.84. The fraction of sp³-hybridized carbons (Fsp3) is 0.111. The molecule has 0 saturated heterocycles. The monoisotopic (exact) mass is 192 g/mol. The maximum atomic E-state index is 10.4. The Morgan fingerprint density at radius 3 is 3.07 bits per heavy atom. The van der Waals surface area contributed by atoms with Crippen molar-refractivity contribution in [2.75, 3.05) is 12.1 Å². The van der Waals surface area contributed by atoms with Crippen molar-refractivity contribution in [2.24, 2.45) is 0 Å². The van der Waals surface area contributed by atoms with Crippen molar-refractivity contribution in [2.45, 2.75) is 0 Å². The Morgan fingerprint density at radius 1 is 1.64 bits per heavy atom. The van der Waals surface area contributed by atoms with Crippen LogP contribution in [0.15, 0.2) is 24.3 Å². The van der Waals surface area contributed by atoms with Gasteiger partial charge in [0.15, 0.2) is 0 Å². The molecule has 0 spiro atoms. The predicted octanol–water partition coefficient (Wildman–Crippen LogP) is 1.57. The third-order valence-corrected chi connectivity index (χ3v) is 1.40. The van der Waals surface area contributed by atoms with Gasteiger partial charge >= 0.3 is 0 Å². The third-order valence-electron chi connectivity index (χ3n) is 1.40. The van der Waals surface area contributed by atoms with Gasteiger partial charge in [0.1, 0.15) is 6.61 Å². The largest absolute Gasteiger partial charge is 0.271 e. The van der Waals surface area contributed by atoms with Crippen molar-refractivity contribution in [3.05, 3.63) is 34.4 Å². The normalized spacial score (nSPS) is 9.07. The minimum atomic E-state index is -0.480. The Labute approximate surface area is 80.8 Å². The first-order chi connectivity index (χ1) is 6.74. The molecule has 0 radical (unpaired) electrons. The molecule has 0 heterocycles. The zero-order valence-corrected chi connectivity index (χ0v) is 7.27. The van der Waals surface area contributed by atoms with Crippen LogP contribution in [0, 0.1) is 22.5 Å². The molecule has 14 heavy (non-hydrogen) atoms. The Morgan fingerprint density at radius 2 is 2.43 bits per heavy atom. The highest BCUT2D eigenvalue weighted by Crippen LogP contribution is 2.16. The molecule has 1 aromatic carbocycles. The quantitative estimate of drug-likeness (QED) is 0.340. The Bertz CT molecular complexity index is 371. The number of anilines is 1. The summed E-state index contributed by atoms with van der Waals surface area (Å²) < 4.78 is 0. The van der Waals surface area contributed by atoms with Crippen molar-refractivity contribution < 1.29 is 9.76 Å². The van der Waals surface area contributed by atoms with Crippen LogP contribution in [-0.4, -0.2) is 11.5 Å². The molecule has 1 aromatic rings. The lowest BCUT2D eigenvalue weighted by Crippen LogP contribution is -2.01. The zero-order chi connectivity index (χ0) is 10.4. The van der Waals surface area contributed by atoms with Gasteiger partial charge in [-0.15, -0.1) is 6.42 Å². The lowest BCUT2D eigenvalue weighted by atomic mass is 10.3. The van der Waals surface area contributed by atoms with Crippen LogP contribution in [-0.2, 0) is 4.84 Å². The molecule has 0 aliphatic heterocycles. The molecule has 0 saturated carbocycles. The molecule has 0 fully saturated rings. The molecule has 5 heteroatoms. The summed E-state index contributed by atoms with van der Waals surface area (Å²) >= 11 is 0. The van der Waals surface area contributed by atoms with E-state index >= 15 is 0 Å². The number of rotatable bonds is 4. The van der Waals surface area contributed by atoms with Gasteiger partial charge in [-0.2, -0.15) is 0 Å². The summed E-state index contributed by atoms with van der Waals surface area (Å²) in [6.07, 6.45) is 4.95. The maximum Gasteiger partial charge on any atom is 0.271 e. The van der Waals surface area contributed by atoms with Gasteiger partial charge < -0.3 is 0 Å². The van der Waals surface area contributed by atoms with Gasteiger partial charge in [-0.25, -0.2) is 0 Å². The van der Waals surface area contributed by atoms with Crippen LogP contribution in [0.5, 0.6) is 0 Å². The second-order valence-electron chi connectivity index (χ2n) is 2.40. The Balaban J connectivity index is 2.65. The molecule has 0 unspecified atom stereocenters. The molecule has 0 atom stereocenters. The number of nitrogens with one attached hydrogen (secondary N) is 1. The van der Waals surface area contributed by atoms with Crippen molar-refractivity contribution in [1.82, 2.24) is 0 Å². The minimum absolute atomic E-state index is 0.000641. The number of hydrogen-bond acceptors (Lipinski definition) is 4. The van der Waals surface area contributed by atoms with Crippen LogP contribution in [0.2, 0.25) is 0 Å². The van der Waals surface area contributed by atoms with Crippen LogP contribution < -0.4 is 5.48 Å². The Kier molecular flexibility index (Phi) is 3.47. The molecule has 0 aliphatic carbocycles. The van der Waals surface area contributed by atoms with Crippen molar-refractivity contribution in [1.29, 1.82) is 0 Å². The van der Waals surface area contributed by atoms with E-state index in [2.05, 4.69) is 11.4 Å². The molecular weight excluding hydrogens is 184 g/mol. The summed E-state index contributed by atoms with van der Waals surface area (Å²) in [4.78, 5) is 14.7. The highest BCUT2D eigenvalue weighted by Gasteiger charge is 2.04. The van der Waals surface area contributed by atoms with Gasteiger partial charge in [-0.05, 0) is 6.07 Å². The van der Waals surface area contributed by atoms with Crippen LogP contribution in [0.25, 0.3) is 0 Å². The van der Waals surface area contributed by atoms with Crippen LogP contribution in [0.4, 0.5) is 11.4 Å². The molecular formula is C9H8N2O3. The first-order valence-electron chi connectivity index (χ1n) is 3.80. The minimum Gasteiger partial charge on any atom is -0.266 e. The smallest absolute Gasteiger partial charge is 0.266 e. The molecule has 5 nitrogen and oxygen atoms in total. The topological polar surface area (TPSA) is 64.4 Å². The fourth-order valence-corrected chi connectivity index (χ4v) is 0.844. The SMILES string of the molecule is C#CCONc1cccc([N+](=O)[O-])c1. The summed E-state index contributed by atoms with van der Waals surface area (Å²) in [5.74, 6) is 2.26. The van der Waals surface area contributed by atoms with E-state index in [1.807, 2.05) is 0 Å². The van der Waals surface area contributed by atoms with Gasteiger partial charge in [-0.1, -0.05) is 12.0 Å². The van der Waals surface area contributed by atoms with Crippen LogP contribution in [0.1, 0.15) is 0 Å². The summed E-state index contributed by atoms with van der Waals surface area (Å²) in [5, 5.41) is 10.4. The van der Waals surface area contributed by atoms with Crippen molar-refractivity contribution >= 4 is 11.4 Å². The number of terminal acetylenes is 1. The first kappa shape index (κ1) is 10.0. The van der Waals surface area contributed by atoms with Gasteiger partial charge in [-0.3, -0.25) is 20.4 Å². The molecule has 1 rings (SSSR count). The van der Waals surface area contributed by atoms with Crippen molar-refractivity contribution in [3.8, 4) is 12.3 Å². The number of nitro benzene ring substituents is 1. The Hall–Kier alpha value is -2.06. The molecule has 0 amide bonds. The van der Waals surface area contributed by atoms with E-state index in [1.165, 1.54) is 12.1 Å². The lowest BCUT2D eigenvalue weighted by Gasteiger charge is -2.03. The standard InChI is InChI=1S/C9H8N2O3/c1-2-6-14-10-8-4-3-5-9(7-8)11(12)13/h1,3-5,7,10H,6H2. The van der Waals surface area contributed by atoms with Crippen LogP contribution in [0.3, 0.4) is 0 Å². The number of non-ortho nitro benzene ring substituents is 1. The highest BCUT2D eigenvalue weighted by atomic mass is 16.6. The molecule has 1 N–H and O–H groups in total. The van der Waals surface area contributed by atoms with Crippen molar-refractivity contribution in [3.63, 3.8) is 0 Å². The number of hydrogen-bond donors (Lipinski definition) is 1. The third kappa shape index (κ3) is 2.77. The molecule has 72 valence electrons. The highest BCUT2D eigenvalue weighted by molar-refractivity contribution is 5.49. The number of benzene rings is 1. The predicted molar refractivity (Wildman–Crippen MR) is 51.5 cm³/mol. The zero-order valence-electron chi connectivity index (χ0n) is 7.27. The van der Waals surface area contributed by atoms with E-state index in [1.54, 1.807) is 12.1 Å². The molecule has 0 aliphatic rings. The molecule has 0 aromatic heterocycles. The van der Waals surface area contributed by atoms with Crippen LogP contribution >= 0.6 is 0 Å². The summed E-state index contributed by atoms with van der Waals surface area (Å²) in [7, 11) is 0. The van der Waals surface area contributed by atoms with E-state index in [9.17, 15) is 10.1 Å². The fourth-order valence-electron chi connectivity index (χ4n) is 0.844. The van der Waals surface area contributed by atoms with Gasteiger partial charge in [0.25, 0.3) is 5.69 Å². The number of nitrogens with zero attached hydrogens (tertiary/aromatic N) is 1. The van der Waals surface area contributed by atoms with Gasteiger partial charge in [0.05, 0.1) is 10.6 Å². The van der Waals surface area contributed by atoms with E-state index in [0.29, 0.717) is 5.69 Å². The summed E-state index contributed by atoms with van der Waals surface area (Å²) in [6, 6.07) is 5.95. The van der Waals surface area contributed by atoms with Gasteiger partial charge in [0.2, 0.25) is 0 Å². The summed E-state index contributed by atoms with van der Waals surface area (Å²) in [5.41, 5.74) is 2.99. The van der Waals surface area contributed by atoms with Gasteiger partial charge in [0, 0.05) is 12.1 Å². The maximum absolute atomic E-state index is 10.4. The average molecular weight is 192 g/mol. The van der Waals surface area contributed by atoms with E-state index < -0.39 is 4.92 Å². The average Bonchev–Trinajstić information content (AvgIpc) is 2.19. The van der Waals surface area contributed by atoms with E-state index in [4.69, 9.17) is 11.3 Å². The lowest BCUT2D eigenvalue weighted by molar-refractivity contribution is -0.384.